The molecule has 5 heteroatoms. The minimum atomic E-state index is 0. The molecular weight excluding hydrogens is 627 g/mol. The number of rotatable bonds is 7. The first kappa shape index (κ1) is 29.7. The Morgan fingerprint density at radius 3 is 2.44 bits per heavy atom. The van der Waals surface area contributed by atoms with E-state index in [9.17, 15) is 9.90 Å². The largest absolute Gasteiger partial charge is 0.512 e. The summed E-state index contributed by atoms with van der Waals surface area (Å²) < 4.78 is 5.94. The Bertz CT molecular complexity index is 1200. The molecule has 1 radical (unpaired) electrons. The molecular formula is C31H38IrNO3-. The van der Waals surface area contributed by atoms with Gasteiger partial charge in [-0.2, -0.15) is 0 Å². The van der Waals surface area contributed by atoms with Crippen LogP contribution in [-0.4, -0.2) is 15.9 Å². The van der Waals surface area contributed by atoms with Crippen molar-refractivity contribution in [3.05, 3.63) is 71.5 Å². The fraction of sp³-hybridized carbons (Fsp3) is 0.419. The molecule has 1 aromatic heterocycles. The summed E-state index contributed by atoms with van der Waals surface area (Å²) in [5, 5.41) is 10.5. The standard InChI is InChI=1S/C20H18NO.C11H20O2.Ir/c1-13(2)10-14-7-5-9-18-17(14)11-19-20(21-18)16-8-4-3-6-15(16)12-22-19;1-8(2)5-10(12)7-11(13)6-9(3)4;/h3-7,9,11,13H,10,12H2,1-2H3;7-9,12H,5-6H2,1-4H3;/q-1;;/b;10-7-;. The van der Waals surface area contributed by atoms with Gasteiger partial charge in [-0.15, -0.1) is 29.8 Å². The van der Waals surface area contributed by atoms with Crippen molar-refractivity contribution in [2.45, 2.75) is 67.4 Å². The quantitative estimate of drug-likeness (QED) is 0.159. The number of hydrogen-bond acceptors (Lipinski definition) is 4. The summed E-state index contributed by atoms with van der Waals surface area (Å²) in [6, 6.07) is 17.8. The molecule has 0 unspecified atom stereocenters. The van der Waals surface area contributed by atoms with E-state index >= 15 is 0 Å². The van der Waals surface area contributed by atoms with Gasteiger partial charge in [0.05, 0.1) is 17.9 Å². The van der Waals surface area contributed by atoms with Gasteiger partial charge >= 0.3 is 0 Å². The molecule has 0 saturated heterocycles. The fourth-order valence-corrected chi connectivity index (χ4v) is 4.24. The second kappa shape index (κ2) is 13.7. The molecule has 1 aliphatic rings. The third-order valence-electron chi connectivity index (χ3n) is 5.66. The molecule has 36 heavy (non-hydrogen) atoms. The van der Waals surface area contributed by atoms with E-state index < -0.39 is 0 Å². The molecule has 0 atom stereocenters. The SMILES string of the molecule is CC(C)CC(=O)/C=C(\O)CC(C)C.CC(C)Cc1cccc2nc3c(cc12)OCc1ccc[c-]c1-3.[Ir]. The number of benzene rings is 2. The Morgan fingerprint density at radius 1 is 1.06 bits per heavy atom. The topological polar surface area (TPSA) is 59.4 Å². The Kier molecular flexibility index (Phi) is 11.3. The van der Waals surface area contributed by atoms with Gasteiger partial charge in [0, 0.05) is 50.1 Å². The van der Waals surface area contributed by atoms with Gasteiger partial charge in [-0.25, -0.2) is 0 Å². The van der Waals surface area contributed by atoms with Gasteiger partial charge in [-0.3, -0.25) is 9.78 Å². The van der Waals surface area contributed by atoms with Gasteiger partial charge < -0.3 is 9.84 Å². The zero-order chi connectivity index (χ0) is 25.5. The van der Waals surface area contributed by atoms with Crippen molar-refractivity contribution >= 4 is 16.7 Å². The Morgan fingerprint density at radius 2 is 1.78 bits per heavy atom. The van der Waals surface area contributed by atoms with E-state index in [1.807, 2.05) is 39.8 Å². The zero-order valence-electron chi connectivity index (χ0n) is 22.2. The number of hydrogen-bond donors (Lipinski definition) is 1. The Balaban J connectivity index is 0.000000285. The number of ketones is 1. The number of fused-ring (bicyclic) bond motifs is 4. The molecule has 2 heterocycles. The summed E-state index contributed by atoms with van der Waals surface area (Å²) in [6.45, 7) is 13.1. The molecule has 1 aliphatic heterocycles. The van der Waals surface area contributed by atoms with E-state index in [4.69, 9.17) is 9.72 Å². The number of pyridine rings is 1. The van der Waals surface area contributed by atoms with Gasteiger partial charge in [0.2, 0.25) is 0 Å². The number of carbonyl (C=O) groups is 1. The van der Waals surface area contributed by atoms with Crippen molar-refractivity contribution in [1.82, 2.24) is 4.98 Å². The fourth-order valence-electron chi connectivity index (χ4n) is 4.24. The van der Waals surface area contributed by atoms with E-state index in [1.165, 1.54) is 17.0 Å². The number of aliphatic hydroxyl groups is 1. The number of allylic oxidation sites excluding steroid dienone is 2. The van der Waals surface area contributed by atoms with Crippen LogP contribution in [0.4, 0.5) is 0 Å². The van der Waals surface area contributed by atoms with Gasteiger partial charge in [-0.05, 0) is 41.9 Å². The van der Waals surface area contributed by atoms with E-state index in [-0.39, 0.29) is 31.6 Å². The van der Waals surface area contributed by atoms with Crippen LogP contribution < -0.4 is 4.74 Å². The maximum Gasteiger partial charge on any atom is 0.159 e. The summed E-state index contributed by atoms with van der Waals surface area (Å²) in [5.74, 6) is 2.47. The van der Waals surface area contributed by atoms with Crippen LogP contribution >= 0.6 is 0 Å². The predicted octanol–water partition coefficient (Wildman–Crippen LogP) is 7.88. The molecule has 0 saturated carbocycles. The first-order valence-electron chi connectivity index (χ1n) is 12.6. The summed E-state index contributed by atoms with van der Waals surface area (Å²) in [7, 11) is 0. The van der Waals surface area contributed by atoms with Crippen molar-refractivity contribution < 1.29 is 34.7 Å². The number of aromatic nitrogens is 1. The molecule has 0 amide bonds. The van der Waals surface area contributed by atoms with E-state index in [0.29, 0.717) is 37.2 Å². The number of nitrogens with zero attached hydrogens (tertiary/aromatic N) is 1. The molecule has 195 valence electrons. The van der Waals surface area contributed by atoms with Crippen molar-refractivity contribution in [3.8, 4) is 17.0 Å². The Hall–Kier alpha value is -2.49. The molecule has 0 spiro atoms. The maximum atomic E-state index is 11.2. The average molecular weight is 665 g/mol. The van der Waals surface area contributed by atoms with Gasteiger partial charge in [0.15, 0.2) is 5.78 Å². The smallest absolute Gasteiger partial charge is 0.159 e. The van der Waals surface area contributed by atoms with Crippen molar-refractivity contribution in [2.24, 2.45) is 17.8 Å². The van der Waals surface area contributed by atoms with Crippen LogP contribution in [0.1, 0.15) is 65.5 Å². The first-order valence-corrected chi connectivity index (χ1v) is 12.6. The maximum absolute atomic E-state index is 11.2. The summed E-state index contributed by atoms with van der Waals surface area (Å²) >= 11 is 0. The Labute approximate surface area is 229 Å². The van der Waals surface area contributed by atoms with Crippen LogP contribution in [0.25, 0.3) is 22.2 Å². The minimum absolute atomic E-state index is 0. The molecule has 4 rings (SSSR count). The molecule has 4 nitrogen and oxygen atoms in total. The second-order valence-corrected chi connectivity index (χ2v) is 10.6. The van der Waals surface area contributed by atoms with Crippen molar-refractivity contribution in [3.63, 3.8) is 0 Å². The molecule has 0 aliphatic carbocycles. The third kappa shape index (κ3) is 8.28. The van der Waals surface area contributed by atoms with Crippen LogP contribution in [0.5, 0.6) is 5.75 Å². The van der Waals surface area contributed by atoms with Gasteiger partial charge in [-0.1, -0.05) is 59.2 Å². The van der Waals surface area contributed by atoms with Crippen molar-refractivity contribution in [1.29, 1.82) is 0 Å². The van der Waals surface area contributed by atoms with E-state index in [0.717, 1.165) is 34.5 Å². The van der Waals surface area contributed by atoms with Crippen LogP contribution in [0.3, 0.4) is 0 Å². The van der Waals surface area contributed by atoms with E-state index in [1.54, 1.807) is 0 Å². The summed E-state index contributed by atoms with van der Waals surface area (Å²) in [6.07, 6.45) is 3.52. The van der Waals surface area contributed by atoms with Gasteiger partial charge in [0.25, 0.3) is 0 Å². The summed E-state index contributed by atoms with van der Waals surface area (Å²) in [4.78, 5) is 16.1. The number of carbonyl (C=O) groups excluding carboxylic acids is 1. The normalized spacial score (nSPS) is 12.4. The average Bonchev–Trinajstić information content (AvgIpc) is 2.77. The molecule has 3 aromatic rings. The van der Waals surface area contributed by atoms with Crippen molar-refractivity contribution in [2.75, 3.05) is 0 Å². The zero-order valence-corrected chi connectivity index (χ0v) is 24.6. The van der Waals surface area contributed by atoms with Gasteiger partial charge in [0.1, 0.15) is 5.75 Å². The monoisotopic (exact) mass is 665 g/mol. The molecule has 1 N–H and O–H groups in total. The molecule has 2 aromatic carbocycles. The van der Waals surface area contributed by atoms with Crippen LogP contribution in [0.2, 0.25) is 0 Å². The number of aliphatic hydroxyl groups excluding tert-OH is 1. The van der Waals surface area contributed by atoms with Crippen LogP contribution in [-0.2, 0) is 37.9 Å². The third-order valence-corrected chi connectivity index (χ3v) is 5.66. The van der Waals surface area contributed by atoms with Crippen LogP contribution in [0, 0.1) is 23.8 Å². The number of ether oxygens (including phenoxy) is 1. The second-order valence-electron chi connectivity index (χ2n) is 10.6. The molecule has 0 bridgehead atoms. The van der Waals surface area contributed by atoms with Crippen LogP contribution in [0.15, 0.2) is 54.3 Å². The molecule has 0 fully saturated rings. The van der Waals surface area contributed by atoms with E-state index in [2.05, 4.69) is 50.2 Å². The minimum Gasteiger partial charge on any atom is -0.512 e. The summed E-state index contributed by atoms with van der Waals surface area (Å²) in [5.41, 5.74) is 5.51. The predicted molar refractivity (Wildman–Crippen MR) is 144 cm³/mol. The first-order chi connectivity index (χ1) is 16.6.